The normalized spacial score (nSPS) is 14.5. The second kappa shape index (κ2) is 12.6. The Balaban J connectivity index is 1.08. The SMILES string of the molecule is CC1(C)c2ccccc2C(c2ccc(F)cc2)c2ccc(-c3ccc(-n4c5ccc(-c6ccccc6)cc5c5cc(-c6ccccc6)ccc54)cc3)cc21. The van der Waals surface area contributed by atoms with Gasteiger partial charge in [0.25, 0.3) is 0 Å². The number of aromatic nitrogens is 1. The van der Waals surface area contributed by atoms with Crippen LogP contribution in [0.2, 0.25) is 0 Å². The summed E-state index contributed by atoms with van der Waals surface area (Å²) in [5.41, 5.74) is 16.8. The fourth-order valence-electron chi connectivity index (χ4n) is 8.90. The summed E-state index contributed by atoms with van der Waals surface area (Å²) < 4.78 is 16.4. The second-order valence-corrected chi connectivity index (χ2v) is 15.1. The standard InChI is InChI=1S/C52H38FN/c1-52(2)47-16-10-9-15-43(47)51(37-17-24-41(53)25-18-37)44-28-21-40(33-48(44)52)36-19-26-42(27-20-36)54-49-29-22-38(34-11-5-3-6-12-34)31-45(49)46-32-39(23-30-50(46)54)35-13-7-4-8-14-35/h3-33,51H,1-2H3. The third kappa shape index (κ3) is 5.21. The molecule has 0 amide bonds. The predicted octanol–water partition coefficient (Wildman–Crippen LogP) is 13.7. The molecule has 0 spiro atoms. The Kier molecular flexibility index (Phi) is 7.49. The monoisotopic (exact) mass is 695 g/mol. The lowest BCUT2D eigenvalue weighted by Gasteiger charge is -2.40. The summed E-state index contributed by atoms with van der Waals surface area (Å²) in [6.45, 7) is 4.65. The van der Waals surface area contributed by atoms with Gasteiger partial charge in [0, 0.05) is 27.8 Å². The Hall–Kier alpha value is -6.51. The van der Waals surface area contributed by atoms with Gasteiger partial charge < -0.3 is 4.57 Å². The van der Waals surface area contributed by atoms with Crippen LogP contribution < -0.4 is 0 Å². The van der Waals surface area contributed by atoms with E-state index in [0.717, 1.165) is 11.3 Å². The first-order valence-electron chi connectivity index (χ1n) is 18.7. The molecule has 8 aromatic carbocycles. The quantitative estimate of drug-likeness (QED) is 0.169. The molecule has 0 saturated heterocycles. The predicted molar refractivity (Wildman–Crippen MR) is 223 cm³/mol. The first kappa shape index (κ1) is 32.2. The summed E-state index contributed by atoms with van der Waals surface area (Å²) in [5, 5.41) is 2.47. The molecule has 0 fully saturated rings. The average Bonchev–Trinajstić information content (AvgIpc) is 3.55. The molecule has 1 aromatic heterocycles. The molecule has 10 rings (SSSR count). The molecule has 0 bridgehead atoms. The molecule has 1 aliphatic carbocycles. The Labute approximate surface area is 315 Å². The van der Waals surface area contributed by atoms with E-state index in [9.17, 15) is 4.39 Å². The van der Waals surface area contributed by atoms with Gasteiger partial charge in [0.05, 0.1) is 11.0 Å². The number of nitrogens with zero attached hydrogens (tertiary/aromatic N) is 1. The van der Waals surface area contributed by atoms with Gasteiger partial charge in [-0.15, -0.1) is 0 Å². The molecule has 258 valence electrons. The van der Waals surface area contributed by atoms with Crippen LogP contribution in [0.15, 0.2) is 188 Å². The van der Waals surface area contributed by atoms with Gasteiger partial charge in [0.2, 0.25) is 0 Å². The molecule has 1 nitrogen and oxygen atoms in total. The topological polar surface area (TPSA) is 4.93 Å². The van der Waals surface area contributed by atoms with E-state index in [0.29, 0.717) is 0 Å². The average molecular weight is 696 g/mol. The first-order valence-corrected chi connectivity index (χ1v) is 18.7. The van der Waals surface area contributed by atoms with Crippen molar-refractivity contribution in [2.24, 2.45) is 0 Å². The number of rotatable bonds is 5. The van der Waals surface area contributed by atoms with Gasteiger partial charge in [-0.3, -0.25) is 0 Å². The summed E-state index contributed by atoms with van der Waals surface area (Å²) in [6.07, 6.45) is 0. The maximum Gasteiger partial charge on any atom is 0.123 e. The van der Waals surface area contributed by atoms with Crippen molar-refractivity contribution in [2.45, 2.75) is 25.2 Å². The van der Waals surface area contributed by atoms with E-state index in [1.165, 1.54) is 77.4 Å². The van der Waals surface area contributed by atoms with Crippen LogP contribution in [-0.2, 0) is 5.41 Å². The molecular formula is C52H38FN. The zero-order chi connectivity index (χ0) is 36.4. The first-order chi connectivity index (χ1) is 26.4. The highest BCUT2D eigenvalue weighted by Gasteiger charge is 2.38. The summed E-state index contributed by atoms with van der Waals surface area (Å²) >= 11 is 0. The minimum absolute atomic E-state index is 0.0429. The lowest BCUT2D eigenvalue weighted by molar-refractivity contribution is 0.596. The maximum absolute atomic E-state index is 14.0. The van der Waals surface area contributed by atoms with Crippen molar-refractivity contribution < 1.29 is 4.39 Å². The van der Waals surface area contributed by atoms with E-state index < -0.39 is 0 Å². The molecular weight excluding hydrogens is 658 g/mol. The lowest BCUT2D eigenvalue weighted by Crippen LogP contribution is -2.29. The third-order valence-electron chi connectivity index (χ3n) is 11.6. The Morgan fingerprint density at radius 3 is 1.52 bits per heavy atom. The highest BCUT2D eigenvalue weighted by atomic mass is 19.1. The highest BCUT2D eigenvalue weighted by molar-refractivity contribution is 6.11. The van der Waals surface area contributed by atoms with Crippen molar-refractivity contribution in [2.75, 3.05) is 0 Å². The van der Waals surface area contributed by atoms with Crippen LogP contribution in [0.5, 0.6) is 0 Å². The van der Waals surface area contributed by atoms with E-state index in [1.54, 1.807) is 12.1 Å². The van der Waals surface area contributed by atoms with Crippen molar-refractivity contribution >= 4 is 21.8 Å². The van der Waals surface area contributed by atoms with Gasteiger partial charge in [-0.25, -0.2) is 4.39 Å². The number of benzene rings is 8. The second-order valence-electron chi connectivity index (χ2n) is 15.1. The summed E-state index contributed by atoms with van der Waals surface area (Å²) in [6, 6.07) is 66.7. The van der Waals surface area contributed by atoms with Crippen molar-refractivity contribution in [1.82, 2.24) is 4.57 Å². The Bertz CT molecular complexity index is 2730. The largest absolute Gasteiger partial charge is 0.309 e. The number of halogens is 1. The summed E-state index contributed by atoms with van der Waals surface area (Å²) in [4.78, 5) is 0. The fraction of sp³-hybridized carbons (Fsp3) is 0.0769. The van der Waals surface area contributed by atoms with Crippen LogP contribution >= 0.6 is 0 Å². The summed E-state index contributed by atoms with van der Waals surface area (Å²) in [7, 11) is 0. The van der Waals surface area contributed by atoms with Gasteiger partial charge in [-0.1, -0.05) is 147 Å². The molecule has 0 saturated carbocycles. The van der Waals surface area contributed by atoms with Gasteiger partial charge in [-0.2, -0.15) is 0 Å². The van der Waals surface area contributed by atoms with Crippen molar-refractivity contribution in [3.8, 4) is 39.1 Å². The number of hydrogen-bond acceptors (Lipinski definition) is 0. The zero-order valence-electron chi connectivity index (χ0n) is 30.3. The van der Waals surface area contributed by atoms with Crippen LogP contribution in [0.4, 0.5) is 4.39 Å². The Morgan fingerprint density at radius 2 is 0.907 bits per heavy atom. The fourth-order valence-corrected chi connectivity index (χ4v) is 8.90. The van der Waals surface area contributed by atoms with Crippen LogP contribution in [0.1, 0.15) is 47.6 Å². The van der Waals surface area contributed by atoms with Crippen LogP contribution in [0.3, 0.4) is 0 Å². The van der Waals surface area contributed by atoms with Crippen molar-refractivity contribution in [3.05, 3.63) is 222 Å². The molecule has 1 heterocycles. The van der Waals surface area contributed by atoms with E-state index in [-0.39, 0.29) is 17.2 Å². The molecule has 54 heavy (non-hydrogen) atoms. The van der Waals surface area contributed by atoms with Crippen LogP contribution in [0, 0.1) is 5.82 Å². The maximum atomic E-state index is 14.0. The molecule has 0 aliphatic heterocycles. The lowest BCUT2D eigenvalue weighted by atomic mass is 9.63. The van der Waals surface area contributed by atoms with Crippen molar-refractivity contribution in [1.29, 1.82) is 0 Å². The van der Waals surface area contributed by atoms with Crippen LogP contribution in [0.25, 0.3) is 60.9 Å². The molecule has 9 aromatic rings. The third-order valence-corrected chi connectivity index (χ3v) is 11.6. The molecule has 1 unspecified atom stereocenters. The molecule has 1 aliphatic rings. The molecule has 0 N–H and O–H groups in total. The summed E-state index contributed by atoms with van der Waals surface area (Å²) in [5.74, 6) is -0.168. The molecule has 1 atom stereocenters. The van der Waals surface area contributed by atoms with E-state index in [4.69, 9.17) is 0 Å². The number of hydrogen-bond donors (Lipinski definition) is 0. The zero-order valence-corrected chi connectivity index (χ0v) is 30.3. The number of fused-ring (bicyclic) bond motifs is 5. The van der Waals surface area contributed by atoms with E-state index >= 15 is 0 Å². The Morgan fingerprint density at radius 1 is 0.426 bits per heavy atom. The molecule has 0 radical (unpaired) electrons. The van der Waals surface area contributed by atoms with Crippen LogP contribution in [-0.4, -0.2) is 4.57 Å². The van der Waals surface area contributed by atoms with Gasteiger partial charge in [0.1, 0.15) is 5.82 Å². The van der Waals surface area contributed by atoms with Gasteiger partial charge in [0.15, 0.2) is 0 Å². The highest BCUT2D eigenvalue weighted by Crippen LogP contribution is 2.50. The van der Waals surface area contributed by atoms with Gasteiger partial charge >= 0.3 is 0 Å². The van der Waals surface area contributed by atoms with Gasteiger partial charge in [-0.05, 0) is 116 Å². The van der Waals surface area contributed by atoms with E-state index in [1.807, 2.05) is 12.1 Å². The smallest absolute Gasteiger partial charge is 0.123 e. The molecule has 2 heteroatoms. The minimum atomic E-state index is -0.211. The minimum Gasteiger partial charge on any atom is -0.309 e. The van der Waals surface area contributed by atoms with Crippen molar-refractivity contribution in [3.63, 3.8) is 0 Å². The van der Waals surface area contributed by atoms with E-state index in [2.05, 4.69) is 182 Å².